The van der Waals surface area contributed by atoms with Crippen molar-refractivity contribution < 1.29 is 14.3 Å². The minimum atomic E-state index is -0.424. The maximum Gasteiger partial charge on any atom is 0.311 e. The summed E-state index contributed by atoms with van der Waals surface area (Å²) in [6, 6.07) is 0. The van der Waals surface area contributed by atoms with Gasteiger partial charge in [0.25, 0.3) is 0 Å². The average molecular weight is 216 g/mol. The minimum absolute atomic E-state index is 0.202. The van der Waals surface area contributed by atoms with Gasteiger partial charge >= 0.3 is 5.97 Å². The van der Waals surface area contributed by atoms with E-state index >= 15 is 0 Å². The molecular formula is C12H24O3. The Morgan fingerprint density at radius 1 is 1.07 bits per heavy atom. The summed E-state index contributed by atoms with van der Waals surface area (Å²) in [5, 5.41) is 0. The van der Waals surface area contributed by atoms with Crippen LogP contribution in [0.3, 0.4) is 0 Å². The van der Waals surface area contributed by atoms with Crippen molar-refractivity contribution in [3.05, 3.63) is 0 Å². The molecule has 0 aromatic carbocycles. The van der Waals surface area contributed by atoms with E-state index in [4.69, 9.17) is 9.47 Å². The van der Waals surface area contributed by atoms with E-state index in [1.165, 1.54) is 0 Å². The zero-order valence-corrected chi connectivity index (χ0v) is 11.0. The van der Waals surface area contributed by atoms with Crippen molar-refractivity contribution in [1.82, 2.24) is 0 Å². The van der Waals surface area contributed by atoms with Gasteiger partial charge in [-0.1, -0.05) is 0 Å². The molecule has 0 amide bonds. The van der Waals surface area contributed by atoms with Crippen LogP contribution in [0.5, 0.6) is 0 Å². The molecule has 3 nitrogen and oxygen atoms in total. The third-order valence-electron chi connectivity index (χ3n) is 1.58. The van der Waals surface area contributed by atoms with Crippen molar-refractivity contribution in [2.24, 2.45) is 5.92 Å². The van der Waals surface area contributed by atoms with Crippen molar-refractivity contribution >= 4 is 5.97 Å². The van der Waals surface area contributed by atoms with Gasteiger partial charge in [-0.05, 0) is 48.5 Å². The molecule has 0 unspecified atom stereocenters. The first-order chi connectivity index (χ1) is 6.51. The Morgan fingerprint density at radius 2 is 1.53 bits per heavy atom. The predicted molar refractivity (Wildman–Crippen MR) is 60.7 cm³/mol. The van der Waals surface area contributed by atoms with Crippen LogP contribution in [0.25, 0.3) is 0 Å². The summed E-state index contributed by atoms with van der Waals surface area (Å²) in [6.45, 7) is 13.7. The molecule has 0 rings (SSSR count). The molecule has 0 aromatic heterocycles. The van der Waals surface area contributed by atoms with Crippen LogP contribution in [-0.2, 0) is 14.3 Å². The van der Waals surface area contributed by atoms with Crippen LogP contribution >= 0.6 is 0 Å². The fourth-order valence-electron chi connectivity index (χ4n) is 0.845. The lowest BCUT2D eigenvalue weighted by atomic mass is 10.1. The van der Waals surface area contributed by atoms with Crippen molar-refractivity contribution in [3.8, 4) is 0 Å². The third kappa shape index (κ3) is 8.43. The lowest BCUT2D eigenvalue weighted by molar-refractivity contribution is -0.163. The monoisotopic (exact) mass is 216 g/mol. The maximum atomic E-state index is 11.6. The van der Waals surface area contributed by atoms with Crippen LogP contribution < -0.4 is 0 Å². The van der Waals surface area contributed by atoms with E-state index < -0.39 is 5.60 Å². The topological polar surface area (TPSA) is 35.5 Å². The van der Waals surface area contributed by atoms with Gasteiger partial charge < -0.3 is 9.47 Å². The molecule has 0 aromatic rings. The molecule has 0 saturated heterocycles. The van der Waals surface area contributed by atoms with Gasteiger partial charge in [-0.15, -0.1) is 0 Å². The minimum Gasteiger partial charge on any atom is -0.460 e. The number of rotatable bonds is 3. The summed E-state index contributed by atoms with van der Waals surface area (Å²) in [7, 11) is 0. The highest BCUT2D eigenvalue weighted by Gasteiger charge is 2.23. The van der Waals surface area contributed by atoms with Crippen LogP contribution in [0.4, 0.5) is 0 Å². The SMILES string of the molecule is C[C@@H](COC(C)(C)C)C(=O)OC(C)(C)C. The largest absolute Gasteiger partial charge is 0.460 e. The molecule has 0 radical (unpaired) electrons. The molecule has 0 aliphatic heterocycles. The Bertz CT molecular complexity index is 208. The van der Waals surface area contributed by atoms with Gasteiger partial charge in [0, 0.05) is 0 Å². The van der Waals surface area contributed by atoms with Crippen molar-refractivity contribution in [1.29, 1.82) is 0 Å². The quantitative estimate of drug-likeness (QED) is 0.680. The molecule has 0 N–H and O–H groups in total. The Hall–Kier alpha value is -0.570. The Labute approximate surface area is 93.1 Å². The average Bonchev–Trinajstić information content (AvgIpc) is 1.95. The van der Waals surface area contributed by atoms with Gasteiger partial charge in [0.05, 0.1) is 18.1 Å². The standard InChI is InChI=1S/C12H24O3/c1-9(8-14-11(2,3)4)10(13)15-12(5,6)7/h9H,8H2,1-7H3/t9-/m0/s1. The third-order valence-corrected chi connectivity index (χ3v) is 1.58. The smallest absolute Gasteiger partial charge is 0.311 e. The summed E-state index contributed by atoms with van der Waals surface area (Å²) in [5.74, 6) is -0.421. The van der Waals surface area contributed by atoms with Gasteiger partial charge in [-0.25, -0.2) is 0 Å². The summed E-state index contributed by atoms with van der Waals surface area (Å²) in [4.78, 5) is 11.6. The van der Waals surface area contributed by atoms with E-state index in [1.807, 2.05) is 48.5 Å². The fraction of sp³-hybridized carbons (Fsp3) is 0.917. The van der Waals surface area contributed by atoms with Crippen molar-refractivity contribution in [3.63, 3.8) is 0 Å². The van der Waals surface area contributed by atoms with Crippen LogP contribution in [0.15, 0.2) is 0 Å². The highest BCUT2D eigenvalue weighted by atomic mass is 16.6. The fourth-order valence-corrected chi connectivity index (χ4v) is 0.845. The van der Waals surface area contributed by atoms with Gasteiger partial charge in [0.15, 0.2) is 0 Å². The van der Waals surface area contributed by atoms with Gasteiger partial charge in [-0.3, -0.25) is 4.79 Å². The maximum absolute atomic E-state index is 11.6. The molecule has 0 saturated carbocycles. The molecular weight excluding hydrogens is 192 g/mol. The summed E-state index contributed by atoms with van der Waals surface area (Å²) < 4.78 is 10.8. The van der Waals surface area contributed by atoms with Crippen molar-refractivity contribution in [2.45, 2.75) is 59.7 Å². The first-order valence-electron chi connectivity index (χ1n) is 5.38. The summed E-state index contributed by atoms with van der Waals surface area (Å²) in [6.07, 6.45) is 0. The first-order valence-corrected chi connectivity index (χ1v) is 5.38. The normalized spacial score (nSPS) is 14.9. The van der Waals surface area contributed by atoms with Gasteiger partial charge in [-0.2, -0.15) is 0 Å². The number of ether oxygens (including phenoxy) is 2. The van der Waals surface area contributed by atoms with Crippen LogP contribution in [0.1, 0.15) is 48.5 Å². The molecule has 3 heteroatoms. The molecule has 0 aliphatic rings. The highest BCUT2D eigenvalue weighted by molar-refractivity contribution is 5.72. The predicted octanol–water partition coefficient (Wildman–Crippen LogP) is 2.78. The summed E-state index contributed by atoms with van der Waals surface area (Å²) in [5.41, 5.74) is -0.636. The molecule has 0 fully saturated rings. The molecule has 0 aliphatic carbocycles. The van der Waals surface area contributed by atoms with Crippen LogP contribution in [-0.4, -0.2) is 23.8 Å². The lowest BCUT2D eigenvalue weighted by Gasteiger charge is -2.25. The second-order valence-electron chi connectivity index (χ2n) is 5.86. The Balaban J connectivity index is 4.01. The number of carbonyl (C=O) groups excluding carboxylic acids is 1. The van der Waals surface area contributed by atoms with Gasteiger partial charge in [0.1, 0.15) is 5.60 Å². The van der Waals surface area contributed by atoms with E-state index in [-0.39, 0.29) is 17.5 Å². The number of hydrogen-bond acceptors (Lipinski definition) is 3. The number of esters is 1. The second kappa shape index (κ2) is 4.97. The first kappa shape index (κ1) is 14.4. The van der Waals surface area contributed by atoms with E-state index in [9.17, 15) is 4.79 Å². The number of carbonyl (C=O) groups is 1. The Morgan fingerprint density at radius 3 is 1.87 bits per heavy atom. The summed E-state index contributed by atoms with van der Waals surface area (Å²) >= 11 is 0. The highest BCUT2D eigenvalue weighted by Crippen LogP contribution is 2.14. The molecule has 90 valence electrons. The van der Waals surface area contributed by atoms with E-state index in [1.54, 1.807) is 0 Å². The van der Waals surface area contributed by atoms with Crippen LogP contribution in [0, 0.1) is 5.92 Å². The zero-order valence-electron chi connectivity index (χ0n) is 11.0. The van der Waals surface area contributed by atoms with Gasteiger partial charge in [0.2, 0.25) is 0 Å². The second-order valence-corrected chi connectivity index (χ2v) is 5.86. The lowest BCUT2D eigenvalue weighted by Crippen LogP contribution is -2.31. The van der Waals surface area contributed by atoms with Crippen LogP contribution in [0.2, 0.25) is 0 Å². The molecule has 15 heavy (non-hydrogen) atoms. The van der Waals surface area contributed by atoms with E-state index in [0.717, 1.165) is 0 Å². The molecule has 0 bridgehead atoms. The molecule has 1 atom stereocenters. The molecule has 0 spiro atoms. The zero-order chi connectivity index (χ0) is 12.3. The number of hydrogen-bond donors (Lipinski definition) is 0. The van der Waals surface area contributed by atoms with E-state index in [2.05, 4.69) is 0 Å². The Kier molecular flexibility index (Phi) is 4.78. The molecule has 0 heterocycles. The van der Waals surface area contributed by atoms with Crippen molar-refractivity contribution in [2.75, 3.05) is 6.61 Å². The van der Waals surface area contributed by atoms with E-state index in [0.29, 0.717) is 6.61 Å².